The van der Waals surface area contributed by atoms with E-state index in [1.807, 2.05) is 6.07 Å². The van der Waals surface area contributed by atoms with E-state index in [-0.39, 0.29) is 11.1 Å². The maximum absolute atomic E-state index is 12.4. The molecule has 1 N–H and O–H groups in total. The first-order chi connectivity index (χ1) is 9.10. The molecule has 1 aromatic rings. The van der Waals surface area contributed by atoms with Gasteiger partial charge < -0.3 is 14.8 Å². The van der Waals surface area contributed by atoms with Gasteiger partial charge in [0.2, 0.25) is 0 Å². The predicted molar refractivity (Wildman–Crippen MR) is 72.0 cm³/mol. The number of methoxy groups -OCH3 is 1. The summed E-state index contributed by atoms with van der Waals surface area (Å²) >= 11 is 1.77. The third kappa shape index (κ3) is 3.73. The maximum atomic E-state index is 12.4. The Hall–Kier alpha value is -1.01. The average molecular weight is 289 g/mol. The van der Waals surface area contributed by atoms with Crippen LogP contribution in [0, 0.1) is 5.92 Å². The Morgan fingerprint density at radius 2 is 2.16 bits per heavy atom. The SMILES string of the molecule is COc1ccc(C2NCC(C)CS2)cc1OC(F)F. The molecule has 19 heavy (non-hydrogen) atoms. The second kappa shape index (κ2) is 6.43. The topological polar surface area (TPSA) is 30.5 Å². The number of thioether (sulfide) groups is 1. The van der Waals surface area contributed by atoms with Crippen LogP contribution in [-0.2, 0) is 0 Å². The molecule has 0 radical (unpaired) electrons. The Morgan fingerprint density at radius 1 is 1.37 bits per heavy atom. The Balaban J connectivity index is 2.17. The summed E-state index contributed by atoms with van der Waals surface area (Å²) in [6, 6.07) is 5.15. The molecule has 2 atom stereocenters. The normalized spacial score (nSPS) is 23.4. The van der Waals surface area contributed by atoms with Crippen LogP contribution in [0.2, 0.25) is 0 Å². The summed E-state index contributed by atoms with van der Waals surface area (Å²) in [5.74, 6) is 2.07. The zero-order valence-electron chi connectivity index (χ0n) is 10.9. The molecule has 1 aliphatic heterocycles. The zero-order chi connectivity index (χ0) is 13.8. The van der Waals surface area contributed by atoms with Gasteiger partial charge in [-0.2, -0.15) is 8.78 Å². The summed E-state index contributed by atoms with van der Waals surface area (Å²) < 4.78 is 34.2. The molecule has 1 aliphatic rings. The van der Waals surface area contributed by atoms with Crippen LogP contribution >= 0.6 is 11.8 Å². The Kier molecular flexibility index (Phi) is 4.87. The standard InChI is InChI=1S/C13H17F2NO2S/c1-8-6-16-12(19-7-8)9-3-4-10(17-2)11(5-9)18-13(14)15/h3-5,8,12-13,16H,6-7H2,1-2H3. The Labute approximate surface area is 115 Å². The molecule has 3 nitrogen and oxygen atoms in total. The van der Waals surface area contributed by atoms with E-state index in [4.69, 9.17) is 4.74 Å². The van der Waals surface area contributed by atoms with Crippen LogP contribution in [0.25, 0.3) is 0 Å². The maximum Gasteiger partial charge on any atom is 0.387 e. The Bertz CT molecular complexity index is 423. The minimum atomic E-state index is -2.85. The van der Waals surface area contributed by atoms with Gasteiger partial charge in [0, 0.05) is 0 Å². The molecule has 1 heterocycles. The fraction of sp³-hybridized carbons (Fsp3) is 0.538. The molecule has 1 fully saturated rings. The summed E-state index contributed by atoms with van der Waals surface area (Å²) in [6.07, 6.45) is 0. The zero-order valence-corrected chi connectivity index (χ0v) is 11.7. The number of hydrogen-bond acceptors (Lipinski definition) is 4. The van der Waals surface area contributed by atoms with Crippen LogP contribution < -0.4 is 14.8 Å². The fourth-order valence-corrected chi connectivity index (χ4v) is 3.14. The van der Waals surface area contributed by atoms with Crippen LogP contribution in [-0.4, -0.2) is 26.0 Å². The van der Waals surface area contributed by atoms with Crippen LogP contribution in [0.5, 0.6) is 11.5 Å². The highest BCUT2D eigenvalue weighted by Crippen LogP contribution is 2.37. The number of hydrogen-bond donors (Lipinski definition) is 1. The van der Waals surface area contributed by atoms with Crippen molar-refractivity contribution in [3.63, 3.8) is 0 Å². The van der Waals surface area contributed by atoms with Crippen LogP contribution in [0.15, 0.2) is 18.2 Å². The van der Waals surface area contributed by atoms with E-state index in [1.54, 1.807) is 23.9 Å². The first kappa shape index (κ1) is 14.4. The third-order valence-corrected chi connectivity index (χ3v) is 4.44. The molecule has 0 spiro atoms. The average Bonchev–Trinajstić information content (AvgIpc) is 2.39. The van der Waals surface area contributed by atoms with E-state index in [1.165, 1.54) is 7.11 Å². The molecule has 6 heteroatoms. The summed E-state index contributed by atoms with van der Waals surface area (Å²) in [7, 11) is 1.43. The third-order valence-electron chi connectivity index (χ3n) is 2.91. The smallest absolute Gasteiger partial charge is 0.387 e. The van der Waals surface area contributed by atoms with Crippen LogP contribution in [0.4, 0.5) is 8.78 Å². The monoisotopic (exact) mass is 289 g/mol. The second-order valence-electron chi connectivity index (χ2n) is 4.52. The molecule has 1 saturated heterocycles. The van der Waals surface area contributed by atoms with E-state index in [2.05, 4.69) is 17.0 Å². The molecular weight excluding hydrogens is 272 g/mol. The van der Waals surface area contributed by atoms with E-state index >= 15 is 0 Å². The minimum absolute atomic E-state index is 0.0796. The lowest BCUT2D eigenvalue weighted by atomic mass is 10.1. The van der Waals surface area contributed by atoms with Gasteiger partial charge >= 0.3 is 6.61 Å². The predicted octanol–water partition coefficient (Wildman–Crippen LogP) is 3.27. The molecule has 0 bridgehead atoms. The van der Waals surface area contributed by atoms with Crippen molar-refractivity contribution in [1.29, 1.82) is 0 Å². The number of nitrogens with one attached hydrogen (secondary N) is 1. The van der Waals surface area contributed by atoms with Gasteiger partial charge in [0.15, 0.2) is 11.5 Å². The van der Waals surface area contributed by atoms with Crippen molar-refractivity contribution in [3.8, 4) is 11.5 Å². The number of ether oxygens (including phenoxy) is 2. The van der Waals surface area contributed by atoms with Crippen molar-refractivity contribution >= 4 is 11.8 Å². The van der Waals surface area contributed by atoms with Crippen LogP contribution in [0.1, 0.15) is 17.9 Å². The number of halogens is 2. The first-order valence-corrected chi connectivity index (χ1v) is 7.12. The summed E-state index contributed by atoms with van der Waals surface area (Å²) in [5, 5.41) is 3.50. The minimum Gasteiger partial charge on any atom is -0.493 e. The molecule has 2 rings (SSSR count). The second-order valence-corrected chi connectivity index (χ2v) is 5.65. The quantitative estimate of drug-likeness (QED) is 0.921. The highest BCUT2D eigenvalue weighted by atomic mass is 32.2. The van der Waals surface area contributed by atoms with Crippen molar-refractivity contribution in [1.82, 2.24) is 5.32 Å². The van der Waals surface area contributed by atoms with Gasteiger partial charge in [0.25, 0.3) is 0 Å². The lowest BCUT2D eigenvalue weighted by Gasteiger charge is -2.28. The molecule has 0 aliphatic carbocycles. The lowest BCUT2D eigenvalue weighted by molar-refractivity contribution is -0.0512. The molecule has 2 unspecified atom stereocenters. The van der Waals surface area contributed by atoms with Gasteiger partial charge in [-0.1, -0.05) is 13.0 Å². The number of rotatable bonds is 4. The first-order valence-electron chi connectivity index (χ1n) is 6.08. The highest BCUT2D eigenvalue weighted by molar-refractivity contribution is 7.99. The van der Waals surface area contributed by atoms with E-state index in [0.717, 1.165) is 17.9 Å². The van der Waals surface area contributed by atoms with E-state index < -0.39 is 6.61 Å². The van der Waals surface area contributed by atoms with Gasteiger partial charge in [0.05, 0.1) is 12.5 Å². The van der Waals surface area contributed by atoms with Crippen LogP contribution in [0.3, 0.4) is 0 Å². The van der Waals surface area contributed by atoms with E-state index in [0.29, 0.717) is 11.7 Å². The van der Waals surface area contributed by atoms with Crippen molar-refractivity contribution in [2.75, 3.05) is 19.4 Å². The van der Waals surface area contributed by atoms with Gasteiger partial charge in [-0.25, -0.2) is 0 Å². The summed E-state index contributed by atoms with van der Waals surface area (Å²) in [4.78, 5) is 0. The number of alkyl halides is 2. The highest BCUT2D eigenvalue weighted by Gasteiger charge is 2.21. The molecule has 106 valence electrons. The summed E-state index contributed by atoms with van der Waals surface area (Å²) in [5.41, 5.74) is 0.924. The fourth-order valence-electron chi connectivity index (χ4n) is 1.95. The molecule has 0 aromatic heterocycles. The van der Waals surface area contributed by atoms with Gasteiger partial charge in [-0.3, -0.25) is 0 Å². The molecule has 1 aromatic carbocycles. The van der Waals surface area contributed by atoms with Gasteiger partial charge in [-0.05, 0) is 35.9 Å². The summed E-state index contributed by atoms with van der Waals surface area (Å²) in [6.45, 7) is 0.251. The number of benzene rings is 1. The largest absolute Gasteiger partial charge is 0.493 e. The van der Waals surface area contributed by atoms with Gasteiger partial charge in [-0.15, -0.1) is 11.8 Å². The van der Waals surface area contributed by atoms with Crippen molar-refractivity contribution in [2.24, 2.45) is 5.92 Å². The van der Waals surface area contributed by atoms with Crippen molar-refractivity contribution < 1.29 is 18.3 Å². The van der Waals surface area contributed by atoms with E-state index in [9.17, 15) is 8.78 Å². The molecule has 0 amide bonds. The van der Waals surface area contributed by atoms with Crippen molar-refractivity contribution in [2.45, 2.75) is 18.9 Å². The molecule has 0 saturated carbocycles. The lowest BCUT2D eigenvalue weighted by Crippen LogP contribution is -2.31. The Morgan fingerprint density at radius 3 is 2.74 bits per heavy atom. The van der Waals surface area contributed by atoms with Gasteiger partial charge in [0.1, 0.15) is 0 Å². The molecular formula is C13H17F2NO2S. The van der Waals surface area contributed by atoms with Crippen molar-refractivity contribution in [3.05, 3.63) is 23.8 Å².